The first-order valence-electron chi connectivity index (χ1n) is 15.5. The molecule has 0 fully saturated rings. The molecule has 1 aliphatic heterocycles. The lowest BCUT2D eigenvalue weighted by atomic mass is 10.1. The SMILES string of the molecule is CC(C)(C)[Si](O[C@@H](C[C@@H]1C=CC(=O)O1)[C@@H](COC(=O)c1ccccc1)OC(=S)Oc1ccccc1)(c1ccccc1)c1ccccc1. The van der Waals surface area contributed by atoms with Crippen molar-refractivity contribution < 1.29 is 33.0 Å². The number of esters is 2. The number of hydrogen-bond donors (Lipinski definition) is 0. The molecule has 0 N–H and O–H groups in total. The van der Waals surface area contributed by atoms with Gasteiger partial charge in [0.05, 0.1) is 11.7 Å². The maximum absolute atomic E-state index is 13.2. The second-order valence-electron chi connectivity index (χ2n) is 12.2. The summed E-state index contributed by atoms with van der Waals surface area (Å²) in [5, 5.41) is 1.55. The van der Waals surface area contributed by atoms with Gasteiger partial charge in [-0.1, -0.05) is 118 Å². The number of rotatable bonds is 12. The first-order valence-corrected chi connectivity index (χ1v) is 17.8. The van der Waals surface area contributed by atoms with Crippen LogP contribution in [-0.4, -0.2) is 50.4 Å². The molecule has 0 spiro atoms. The van der Waals surface area contributed by atoms with Crippen LogP contribution in [0.4, 0.5) is 0 Å². The number of benzene rings is 4. The van der Waals surface area contributed by atoms with Crippen LogP contribution >= 0.6 is 12.2 Å². The summed E-state index contributed by atoms with van der Waals surface area (Å²) in [6, 6.07) is 38.1. The van der Waals surface area contributed by atoms with Crippen LogP contribution in [0.15, 0.2) is 133 Å². The second kappa shape index (κ2) is 15.3. The number of thiocarbonyl (C=S) groups is 1. The Hall–Kier alpha value is -4.57. The second-order valence-corrected chi connectivity index (χ2v) is 16.8. The molecule has 0 aromatic heterocycles. The number of cyclic esters (lactones) is 1. The normalized spacial score (nSPS) is 15.7. The molecule has 4 aromatic rings. The molecule has 9 heteroatoms. The van der Waals surface area contributed by atoms with Crippen molar-refractivity contribution >= 4 is 48.1 Å². The lowest BCUT2D eigenvalue weighted by Gasteiger charge is -2.46. The third-order valence-electron chi connectivity index (χ3n) is 7.92. The van der Waals surface area contributed by atoms with Gasteiger partial charge in [0.15, 0.2) is 6.10 Å². The predicted molar refractivity (Wildman–Crippen MR) is 187 cm³/mol. The molecule has 0 amide bonds. The van der Waals surface area contributed by atoms with Gasteiger partial charge >= 0.3 is 17.2 Å². The molecule has 5 rings (SSSR count). The fourth-order valence-electron chi connectivity index (χ4n) is 5.73. The summed E-state index contributed by atoms with van der Waals surface area (Å²) >= 11 is 5.58. The smallest absolute Gasteiger partial charge is 0.358 e. The standard InChI is InChI=1S/C38H38O7SSi/c1-38(2,3)47(31-20-12-6-13-21-31,32-22-14-7-15-23-32)45-33(26-30-24-25-35(39)42-30)34(27-41-36(40)28-16-8-4-9-17-28)44-37(46)43-29-18-10-5-11-19-29/h4-25,30,33-34H,26-27H2,1-3H3/t30-,33-,34+/m0/s1. The zero-order valence-corrected chi connectivity index (χ0v) is 28.4. The van der Waals surface area contributed by atoms with Gasteiger partial charge in [-0.05, 0) is 45.8 Å². The minimum absolute atomic E-state index is 0.160. The zero-order valence-electron chi connectivity index (χ0n) is 26.6. The van der Waals surface area contributed by atoms with Gasteiger partial charge in [-0.15, -0.1) is 0 Å². The third kappa shape index (κ3) is 8.43. The highest BCUT2D eigenvalue weighted by atomic mass is 32.1. The Kier molecular flexibility index (Phi) is 11.0. The highest BCUT2D eigenvalue weighted by Crippen LogP contribution is 2.39. The molecular formula is C38H38O7SSi. The van der Waals surface area contributed by atoms with Crippen molar-refractivity contribution in [1.29, 1.82) is 0 Å². The molecule has 242 valence electrons. The zero-order chi connectivity index (χ0) is 33.3. The Morgan fingerprint density at radius 2 is 1.34 bits per heavy atom. The van der Waals surface area contributed by atoms with E-state index in [4.69, 9.17) is 35.6 Å². The van der Waals surface area contributed by atoms with Crippen LogP contribution in [0.5, 0.6) is 5.75 Å². The van der Waals surface area contributed by atoms with E-state index in [0.29, 0.717) is 11.3 Å². The minimum Gasteiger partial charge on any atom is -0.458 e. The molecule has 4 aromatic carbocycles. The summed E-state index contributed by atoms with van der Waals surface area (Å²) in [6.45, 7) is 6.29. The monoisotopic (exact) mass is 666 g/mol. The van der Waals surface area contributed by atoms with Gasteiger partial charge in [-0.2, -0.15) is 0 Å². The van der Waals surface area contributed by atoms with E-state index in [1.807, 2.05) is 60.7 Å². The van der Waals surface area contributed by atoms with Crippen LogP contribution in [0.1, 0.15) is 37.6 Å². The molecule has 0 saturated carbocycles. The predicted octanol–water partition coefficient (Wildman–Crippen LogP) is 6.41. The fourth-order valence-corrected chi connectivity index (χ4v) is 10.7. The van der Waals surface area contributed by atoms with Gasteiger partial charge in [-0.3, -0.25) is 0 Å². The first-order chi connectivity index (χ1) is 22.7. The molecule has 3 atom stereocenters. The summed E-state index contributed by atoms with van der Waals surface area (Å²) in [5.74, 6) is -0.463. The van der Waals surface area contributed by atoms with Crippen molar-refractivity contribution in [3.05, 3.63) is 139 Å². The van der Waals surface area contributed by atoms with Gasteiger partial charge in [0, 0.05) is 24.7 Å². The van der Waals surface area contributed by atoms with E-state index >= 15 is 0 Å². The van der Waals surface area contributed by atoms with Crippen LogP contribution in [0.25, 0.3) is 0 Å². The number of hydrogen-bond acceptors (Lipinski definition) is 8. The molecule has 7 nitrogen and oxygen atoms in total. The highest BCUT2D eigenvalue weighted by Gasteiger charge is 2.53. The molecule has 0 aliphatic carbocycles. The van der Waals surface area contributed by atoms with E-state index in [2.05, 4.69) is 45.0 Å². The van der Waals surface area contributed by atoms with Crippen LogP contribution in [0, 0.1) is 0 Å². The van der Waals surface area contributed by atoms with Gasteiger partial charge < -0.3 is 23.4 Å². The Morgan fingerprint density at radius 3 is 1.85 bits per heavy atom. The van der Waals surface area contributed by atoms with Crippen LogP contribution in [0.2, 0.25) is 5.04 Å². The average Bonchev–Trinajstić information content (AvgIpc) is 3.50. The molecule has 0 radical (unpaired) electrons. The molecule has 0 saturated heterocycles. The number of ether oxygens (including phenoxy) is 4. The Balaban J connectivity index is 1.57. The number of carbonyl (C=O) groups is 2. The van der Waals surface area contributed by atoms with E-state index in [1.165, 1.54) is 6.08 Å². The van der Waals surface area contributed by atoms with Gasteiger partial charge in [0.1, 0.15) is 18.5 Å². The van der Waals surface area contributed by atoms with Crippen LogP contribution in [0.3, 0.4) is 0 Å². The number of carbonyl (C=O) groups excluding carboxylic acids is 2. The van der Waals surface area contributed by atoms with Gasteiger partial charge in [-0.25, -0.2) is 9.59 Å². The molecule has 0 bridgehead atoms. The lowest BCUT2D eigenvalue weighted by Crippen LogP contribution is -2.69. The van der Waals surface area contributed by atoms with E-state index in [0.717, 1.165) is 10.4 Å². The van der Waals surface area contributed by atoms with E-state index < -0.39 is 38.6 Å². The summed E-state index contributed by atoms with van der Waals surface area (Å²) < 4.78 is 31.2. The fraction of sp³-hybridized carbons (Fsp3) is 0.237. The molecule has 1 aliphatic rings. The Bertz CT molecular complexity index is 1620. The lowest BCUT2D eigenvalue weighted by molar-refractivity contribution is -0.140. The van der Waals surface area contributed by atoms with E-state index in [-0.39, 0.29) is 23.3 Å². The van der Waals surface area contributed by atoms with Crippen LogP contribution < -0.4 is 15.1 Å². The van der Waals surface area contributed by atoms with E-state index in [1.54, 1.807) is 42.5 Å². The van der Waals surface area contributed by atoms with Gasteiger partial charge in [0.25, 0.3) is 8.32 Å². The highest BCUT2D eigenvalue weighted by molar-refractivity contribution is 7.79. The van der Waals surface area contributed by atoms with E-state index in [9.17, 15) is 9.59 Å². The van der Waals surface area contributed by atoms with Crippen molar-refractivity contribution in [2.24, 2.45) is 0 Å². The van der Waals surface area contributed by atoms with Gasteiger partial charge in [0.2, 0.25) is 0 Å². The van der Waals surface area contributed by atoms with Crippen LogP contribution in [-0.2, 0) is 23.4 Å². The maximum Gasteiger partial charge on any atom is 0.358 e. The summed E-state index contributed by atoms with van der Waals surface area (Å²) in [4.78, 5) is 25.3. The largest absolute Gasteiger partial charge is 0.458 e. The molecule has 1 heterocycles. The average molecular weight is 667 g/mol. The quantitative estimate of drug-likeness (QED) is 0.0976. The summed E-state index contributed by atoms with van der Waals surface area (Å²) in [7, 11) is -3.18. The van der Waals surface area contributed by atoms with Crippen molar-refractivity contribution in [2.75, 3.05) is 6.61 Å². The Labute approximate surface area is 282 Å². The van der Waals surface area contributed by atoms with Crippen molar-refractivity contribution in [3.63, 3.8) is 0 Å². The molecule has 47 heavy (non-hydrogen) atoms. The summed E-state index contributed by atoms with van der Waals surface area (Å²) in [5.41, 5.74) is 0.395. The number of para-hydroxylation sites is 1. The summed E-state index contributed by atoms with van der Waals surface area (Å²) in [6.07, 6.45) is 1.02. The third-order valence-corrected chi connectivity index (χ3v) is 13.2. The topological polar surface area (TPSA) is 80.3 Å². The minimum atomic E-state index is -3.18. The van der Waals surface area contributed by atoms with Crippen molar-refractivity contribution in [1.82, 2.24) is 0 Å². The Morgan fingerprint density at radius 1 is 0.809 bits per heavy atom. The first kappa shape index (κ1) is 33.8. The molecular weight excluding hydrogens is 629 g/mol. The van der Waals surface area contributed by atoms with Crippen molar-refractivity contribution in [3.8, 4) is 5.75 Å². The molecule has 0 unspecified atom stereocenters. The van der Waals surface area contributed by atoms with Crippen molar-refractivity contribution in [2.45, 2.75) is 50.5 Å². The maximum atomic E-state index is 13.2.